The average molecular weight is 617 g/mol. The summed E-state index contributed by atoms with van der Waals surface area (Å²) < 4.78 is 32.8. The van der Waals surface area contributed by atoms with Crippen LogP contribution < -0.4 is 10.6 Å². The van der Waals surface area contributed by atoms with Gasteiger partial charge in [0.2, 0.25) is 5.91 Å². The quantitative estimate of drug-likeness (QED) is 0.150. The molecule has 0 fully saturated rings. The highest BCUT2D eigenvalue weighted by Gasteiger charge is 2.28. The second kappa shape index (κ2) is 21.2. The van der Waals surface area contributed by atoms with Gasteiger partial charge in [0.15, 0.2) is 0 Å². The van der Waals surface area contributed by atoms with Crippen molar-refractivity contribution in [3.8, 4) is 11.1 Å². The number of alkyl carbamates (subject to hydrolysis) is 1. The molecule has 0 aliphatic heterocycles. The number of benzene rings is 2. The fraction of sp³-hybridized carbons (Fsp3) is 0.531. The van der Waals surface area contributed by atoms with Gasteiger partial charge in [0.25, 0.3) is 0 Å². The van der Waals surface area contributed by atoms with Crippen LogP contribution in [0.15, 0.2) is 48.5 Å². The lowest BCUT2D eigenvalue weighted by Gasteiger charge is -2.14. The van der Waals surface area contributed by atoms with E-state index in [1.54, 1.807) is 0 Å². The van der Waals surface area contributed by atoms with Gasteiger partial charge < -0.3 is 44.2 Å². The van der Waals surface area contributed by atoms with Crippen LogP contribution in [0.25, 0.3) is 11.1 Å². The van der Waals surface area contributed by atoms with E-state index in [1.807, 2.05) is 24.3 Å². The zero-order valence-corrected chi connectivity index (χ0v) is 25.1. The topological polar surface area (TPSA) is 151 Å². The van der Waals surface area contributed by atoms with Gasteiger partial charge in [0.1, 0.15) is 6.61 Å². The van der Waals surface area contributed by atoms with E-state index in [0.717, 1.165) is 0 Å². The molecule has 2 aromatic carbocycles. The zero-order valence-electron chi connectivity index (χ0n) is 25.1. The third-order valence-electron chi connectivity index (χ3n) is 6.70. The van der Waals surface area contributed by atoms with Crippen molar-refractivity contribution in [3.05, 3.63) is 59.7 Å². The molecule has 0 atom stereocenters. The number of fused-ring (bicyclic) bond motifs is 3. The van der Waals surface area contributed by atoms with Crippen molar-refractivity contribution in [1.82, 2.24) is 10.6 Å². The number of nitrogens with one attached hydrogen (secondary N) is 2. The summed E-state index contributed by atoms with van der Waals surface area (Å²) in [4.78, 5) is 34.0. The second-order valence-corrected chi connectivity index (χ2v) is 9.91. The van der Waals surface area contributed by atoms with Gasteiger partial charge in [-0.15, -0.1) is 0 Å². The SMILES string of the molecule is O=C(O)CCC(=O)NCCCOCCOCCOCCOCCOCCNC(=O)OCC1c2ccccc2-c2ccccc21. The van der Waals surface area contributed by atoms with Gasteiger partial charge >= 0.3 is 12.1 Å². The summed E-state index contributed by atoms with van der Waals surface area (Å²) in [5.41, 5.74) is 4.74. The molecular formula is C32H44N2O10. The molecule has 0 spiro atoms. The van der Waals surface area contributed by atoms with E-state index in [9.17, 15) is 14.4 Å². The summed E-state index contributed by atoms with van der Waals surface area (Å²) in [6.07, 6.45) is 0.000104. The number of aliphatic carboxylic acids is 1. The third kappa shape index (κ3) is 13.4. The van der Waals surface area contributed by atoms with Crippen LogP contribution >= 0.6 is 0 Å². The molecule has 1 aliphatic rings. The van der Waals surface area contributed by atoms with Crippen molar-refractivity contribution in [2.45, 2.75) is 25.2 Å². The fourth-order valence-corrected chi connectivity index (χ4v) is 4.57. The van der Waals surface area contributed by atoms with Crippen LogP contribution in [0.1, 0.15) is 36.3 Å². The van der Waals surface area contributed by atoms with Crippen LogP contribution in [-0.2, 0) is 38.0 Å². The molecule has 12 nitrogen and oxygen atoms in total. The minimum atomic E-state index is -0.986. The molecule has 0 unspecified atom stereocenters. The molecule has 2 aromatic rings. The highest BCUT2D eigenvalue weighted by Crippen LogP contribution is 2.44. The van der Waals surface area contributed by atoms with Crippen molar-refractivity contribution in [2.24, 2.45) is 0 Å². The molecule has 0 radical (unpaired) electrons. The highest BCUT2D eigenvalue weighted by molar-refractivity contribution is 5.80. The van der Waals surface area contributed by atoms with Gasteiger partial charge in [-0.2, -0.15) is 0 Å². The lowest BCUT2D eigenvalue weighted by atomic mass is 9.98. The summed E-state index contributed by atoms with van der Waals surface area (Å²) in [5.74, 6) is -1.23. The molecule has 2 amide bonds. The number of ether oxygens (including phenoxy) is 6. The van der Waals surface area contributed by atoms with Crippen LogP contribution in [0.4, 0.5) is 4.79 Å². The van der Waals surface area contributed by atoms with Crippen LogP contribution in [-0.4, -0.2) is 109 Å². The predicted molar refractivity (Wildman–Crippen MR) is 162 cm³/mol. The summed E-state index contributed by atoms with van der Waals surface area (Å²) in [5, 5.41) is 13.9. The Labute approximate surface area is 258 Å². The van der Waals surface area contributed by atoms with Crippen molar-refractivity contribution in [1.29, 1.82) is 0 Å². The summed E-state index contributed by atoms with van der Waals surface area (Å²) in [6.45, 7) is 5.41. The molecule has 3 N–H and O–H groups in total. The average Bonchev–Trinajstić information content (AvgIpc) is 3.35. The number of rotatable bonds is 24. The first-order valence-corrected chi connectivity index (χ1v) is 15.0. The molecule has 0 saturated heterocycles. The maximum absolute atomic E-state index is 12.2. The zero-order chi connectivity index (χ0) is 31.2. The second-order valence-electron chi connectivity index (χ2n) is 9.91. The number of carbonyl (C=O) groups excluding carboxylic acids is 2. The Morgan fingerprint density at radius 3 is 1.66 bits per heavy atom. The van der Waals surface area contributed by atoms with Crippen molar-refractivity contribution >= 4 is 18.0 Å². The van der Waals surface area contributed by atoms with Crippen LogP contribution in [0, 0.1) is 0 Å². The standard InChI is InChI=1S/C32H44N2O10/c35-30(10-11-31(36)37)33-12-5-14-39-16-18-41-20-22-43-23-21-42-19-17-40-15-13-34-32(38)44-24-29-27-8-3-1-6-25(27)26-7-2-4-9-28(26)29/h1-4,6-9,29H,5,10-24H2,(H,33,35)(H,34,38)(H,36,37). The van der Waals surface area contributed by atoms with Gasteiger partial charge in [-0.25, -0.2) is 4.79 Å². The van der Waals surface area contributed by atoms with Crippen LogP contribution in [0.3, 0.4) is 0 Å². The van der Waals surface area contributed by atoms with Crippen molar-refractivity contribution in [3.63, 3.8) is 0 Å². The smallest absolute Gasteiger partial charge is 0.407 e. The van der Waals surface area contributed by atoms with E-state index in [4.69, 9.17) is 33.5 Å². The molecule has 0 heterocycles. The number of amides is 2. The van der Waals surface area contributed by atoms with Crippen molar-refractivity contribution in [2.75, 3.05) is 85.8 Å². The van der Waals surface area contributed by atoms with Gasteiger partial charge in [0, 0.05) is 32.0 Å². The fourth-order valence-electron chi connectivity index (χ4n) is 4.57. The molecule has 242 valence electrons. The van der Waals surface area contributed by atoms with Crippen LogP contribution in [0.2, 0.25) is 0 Å². The summed E-state index contributed by atoms with van der Waals surface area (Å²) >= 11 is 0. The molecule has 1 aliphatic carbocycles. The largest absolute Gasteiger partial charge is 0.481 e. The van der Waals surface area contributed by atoms with E-state index in [-0.39, 0.29) is 31.3 Å². The normalized spacial score (nSPS) is 12.0. The first-order chi connectivity index (χ1) is 21.6. The van der Waals surface area contributed by atoms with E-state index < -0.39 is 12.1 Å². The number of carbonyl (C=O) groups is 3. The number of hydrogen-bond acceptors (Lipinski definition) is 9. The van der Waals surface area contributed by atoms with E-state index >= 15 is 0 Å². The number of hydrogen-bond donors (Lipinski definition) is 3. The Morgan fingerprint density at radius 1 is 0.614 bits per heavy atom. The molecule has 0 aromatic heterocycles. The molecule has 3 rings (SSSR count). The van der Waals surface area contributed by atoms with E-state index in [0.29, 0.717) is 85.6 Å². The van der Waals surface area contributed by atoms with Gasteiger partial charge in [0.05, 0.1) is 65.9 Å². The Hall–Kier alpha value is -3.55. The van der Waals surface area contributed by atoms with Crippen molar-refractivity contribution < 1.29 is 47.9 Å². The Bertz CT molecular complexity index is 1100. The molecule has 0 saturated carbocycles. The lowest BCUT2D eigenvalue weighted by molar-refractivity contribution is -0.138. The third-order valence-corrected chi connectivity index (χ3v) is 6.70. The maximum atomic E-state index is 12.2. The van der Waals surface area contributed by atoms with Gasteiger partial charge in [-0.05, 0) is 28.7 Å². The summed E-state index contributed by atoms with van der Waals surface area (Å²) in [6, 6.07) is 16.4. The monoisotopic (exact) mass is 616 g/mol. The lowest BCUT2D eigenvalue weighted by Crippen LogP contribution is -2.29. The first kappa shape index (κ1) is 34.9. The number of carboxylic acids is 1. The van der Waals surface area contributed by atoms with E-state index in [1.165, 1.54) is 22.3 Å². The minimum absolute atomic E-state index is 0.0142. The van der Waals surface area contributed by atoms with Gasteiger partial charge in [-0.3, -0.25) is 9.59 Å². The molecule has 12 heteroatoms. The van der Waals surface area contributed by atoms with E-state index in [2.05, 4.69) is 34.9 Å². The van der Waals surface area contributed by atoms with Crippen LogP contribution in [0.5, 0.6) is 0 Å². The Kier molecular flexibility index (Phi) is 16.8. The minimum Gasteiger partial charge on any atom is -0.481 e. The summed E-state index contributed by atoms with van der Waals surface area (Å²) in [7, 11) is 0. The van der Waals surface area contributed by atoms with Gasteiger partial charge in [-0.1, -0.05) is 48.5 Å². The molecular weight excluding hydrogens is 572 g/mol. The molecule has 44 heavy (non-hydrogen) atoms. The number of carboxylic acid groups (broad SMARTS) is 1. The maximum Gasteiger partial charge on any atom is 0.407 e. The molecule has 0 bridgehead atoms. The first-order valence-electron chi connectivity index (χ1n) is 15.0. The Balaban J connectivity index is 1.04. The highest BCUT2D eigenvalue weighted by atomic mass is 16.6. The Morgan fingerprint density at radius 2 is 1.11 bits per heavy atom. The predicted octanol–water partition coefficient (Wildman–Crippen LogP) is 2.98.